The molecule has 2 saturated heterocycles. The topological polar surface area (TPSA) is 82.9 Å². The molecule has 0 aliphatic carbocycles. The molecule has 2 fully saturated rings. The minimum absolute atomic E-state index is 0.0157. The predicted octanol–water partition coefficient (Wildman–Crippen LogP) is 3.55. The normalized spacial score (nSPS) is 20.7. The Bertz CT molecular complexity index is 962. The zero-order valence-corrected chi connectivity index (χ0v) is 17.5. The van der Waals surface area contributed by atoms with E-state index in [2.05, 4.69) is 17.1 Å². The number of rotatable bonds is 5. The van der Waals surface area contributed by atoms with E-state index in [0.717, 1.165) is 38.0 Å². The van der Waals surface area contributed by atoms with E-state index in [9.17, 15) is 13.2 Å². The average molecular weight is 418 g/mol. The van der Waals surface area contributed by atoms with Crippen molar-refractivity contribution >= 4 is 27.3 Å². The maximum atomic E-state index is 12.7. The third-order valence-electron chi connectivity index (χ3n) is 5.63. The second-order valence-corrected chi connectivity index (χ2v) is 9.79. The molecule has 3 heterocycles. The molecule has 4 rings (SSSR count). The van der Waals surface area contributed by atoms with Crippen molar-refractivity contribution in [1.82, 2.24) is 4.31 Å². The molecule has 7 nitrogen and oxygen atoms in total. The summed E-state index contributed by atoms with van der Waals surface area (Å²) in [5.74, 6) is 0.217. The maximum Gasteiger partial charge on any atom is 0.291 e. The fourth-order valence-electron chi connectivity index (χ4n) is 3.93. The highest BCUT2D eigenvalue weighted by atomic mass is 32.2. The van der Waals surface area contributed by atoms with Crippen molar-refractivity contribution in [3.63, 3.8) is 0 Å². The van der Waals surface area contributed by atoms with Gasteiger partial charge in [0.15, 0.2) is 5.76 Å². The number of sulfonamides is 1. The van der Waals surface area contributed by atoms with Crippen LogP contribution in [0.3, 0.4) is 0 Å². The molecule has 156 valence electrons. The van der Waals surface area contributed by atoms with Crippen LogP contribution in [-0.4, -0.2) is 44.8 Å². The minimum atomic E-state index is -3.69. The van der Waals surface area contributed by atoms with E-state index in [1.54, 1.807) is 0 Å². The maximum absolute atomic E-state index is 12.7. The first-order valence-corrected chi connectivity index (χ1v) is 11.6. The summed E-state index contributed by atoms with van der Waals surface area (Å²) < 4.78 is 32.2. The van der Waals surface area contributed by atoms with E-state index in [4.69, 9.17) is 4.42 Å². The molecule has 1 amide bonds. The van der Waals surface area contributed by atoms with Crippen molar-refractivity contribution in [3.05, 3.63) is 42.2 Å². The van der Waals surface area contributed by atoms with Gasteiger partial charge in [-0.1, -0.05) is 13.3 Å². The van der Waals surface area contributed by atoms with Crippen LogP contribution >= 0.6 is 0 Å². The number of furan rings is 1. The van der Waals surface area contributed by atoms with Crippen molar-refractivity contribution < 1.29 is 17.6 Å². The summed E-state index contributed by atoms with van der Waals surface area (Å²) in [6.45, 7) is 5.33. The van der Waals surface area contributed by atoms with Gasteiger partial charge in [-0.3, -0.25) is 4.79 Å². The van der Waals surface area contributed by atoms with Gasteiger partial charge in [-0.05, 0) is 61.6 Å². The Labute approximate surface area is 171 Å². The molecule has 1 unspecified atom stereocenters. The molecule has 0 radical (unpaired) electrons. The third kappa shape index (κ3) is 4.33. The first kappa shape index (κ1) is 20.0. The largest absolute Gasteiger partial charge is 0.438 e. The number of piperidine rings is 1. The van der Waals surface area contributed by atoms with Crippen LogP contribution in [0.4, 0.5) is 11.4 Å². The highest BCUT2D eigenvalue weighted by Gasteiger charge is 2.29. The van der Waals surface area contributed by atoms with Gasteiger partial charge >= 0.3 is 0 Å². The lowest BCUT2D eigenvalue weighted by molar-refractivity contribution is 0.0991. The summed E-state index contributed by atoms with van der Waals surface area (Å²) in [5.41, 5.74) is 1.78. The summed E-state index contributed by atoms with van der Waals surface area (Å²) in [4.78, 5) is 14.8. The Morgan fingerprint density at radius 3 is 2.41 bits per heavy atom. The van der Waals surface area contributed by atoms with Crippen LogP contribution in [0.25, 0.3) is 0 Å². The second-order valence-electron chi connectivity index (χ2n) is 7.92. The van der Waals surface area contributed by atoms with Crippen LogP contribution in [0, 0.1) is 5.92 Å². The predicted molar refractivity (Wildman–Crippen MR) is 112 cm³/mol. The number of benzene rings is 1. The van der Waals surface area contributed by atoms with Crippen LogP contribution in [0.15, 0.2) is 45.9 Å². The first-order valence-electron chi connectivity index (χ1n) is 10.2. The number of carbonyl (C=O) groups excluding carboxylic acids is 1. The zero-order chi connectivity index (χ0) is 20.4. The van der Waals surface area contributed by atoms with Crippen LogP contribution in [-0.2, 0) is 10.0 Å². The molecule has 2 aliphatic rings. The molecular formula is C21H27N3O4S. The molecule has 0 bridgehead atoms. The highest BCUT2D eigenvalue weighted by Crippen LogP contribution is 2.26. The molecule has 0 spiro atoms. The molecule has 1 aromatic heterocycles. The quantitative estimate of drug-likeness (QED) is 0.804. The summed E-state index contributed by atoms with van der Waals surface area (Å²) >= 11 is 0. The van der Waals surface area contributed by atoms with Gasteiger partial charge in [-0.15, -0.1) is 0 Å². The van der Waals surface area contributed by atoms with E-state index in [0.29, 0.717) is 24.7 Å². The number of nitrogens with one attached hydrogen (secondary N) is 1. The van der Waals surface area contributed by atoms with E-state index in [-0.39, 0.29) is 10.9 Å². The standard InChI is InChI=1S/C21H27N3O4S/c1-16-11-14-23(15-16)18-7-5-17(6-8-18)22-21(25)19-9-10-20(28-19)29(26,27)24-12-3-2-4-13-24/h5-10,16H,2-4,11-15H2,1H3,(H,22,25). The molecule has 1 aromatic carbocycles. The van der Waals surface area contributed by atoms with E-state index in [1.165, 1.54) is 22.9 Å². The van der Waals surface area contributed by atoms with Crippen LogP contribution < -0.4 is 10.2 Å². The van der Waals surface area contributed by atoms with E-state index in [1.807, 2.05) is 24.3 Å². The zero-order valence-electron chi connectivity index (χ0n) is 16.6. The van der Waals surface area contributed by atoms with Crippen molar-refractivity contribution in [2.75, 3.05) is 36.4 Å². The van der Waals surface area contributed by atoms with Crippen molar-refractivity contribution in [2.45, 2.75) is 37.7 Å². The van der Waals surface area contributed by atoms with Crippen molar-refractivity contribution in [3.8, 4) is 0 Å². The molecular weight excluding hydrogens is 390 g/mol. The fraction of sp³-hybridized carbons (Fsp3) is 0.476. The monoisotopic (exact) mass is 417 g/mol. The SMILES string of the molecule is CC1CCN(c2ccc(NC(=O)c3ccc(S(=O)(=O)N4CCCCC4)o3)cc2)C1. The van der Waals surface area contributed by atoms with Gasteiger partial charge in [0.2, 0.25) is 5.09 Å². The van der Waals surface area contributed by atoms with Crippen LogP contribution in [0.5, 0.6) is 0 Å². The van der Waals surface area contributed by atoms with Crippen LogP contribution in [0.2, 0.25) is 0 Å². The smallest absolute Gasteiger partial charge is 0.291 e. The lowest BCUT2D eigenvalue weighted by atomic mass is 10.2. The number of nitrogens with zero attached hydrogens (tertiary/aromatic N) is 2. The Morgan fingerprint density at radius 1 is 1.03 bits per heavy atom. The second kappa shape index (κ2) is 8.20. The molecule has 8 heteroatoms. The Hall–Kier alpha value is -2.32. The molecule has 2 aromatic rings. The lowest BCUT2D eigenvalue weighted by Gasteiger charge is -2.24. The van der Waals surface area contributed by atoms with E-state index >= 15 is 0 Å². The summed E-state index contributed by atoms with van der Waals surface area (Å²) in [7, 11) is -3.69. The van der Waals surface area contributed by atoms with Gasteiger partial charge in [0.25, 0.3) is 15.9 Å². The molecule has 1 N–H and O–H groups in total. The highest BCUT2D eigenvalue weighted by molar-refractivity contribution is 7.89. The lowest BCUT2D eigenvalue weighted by Crippen LogP contribution is -2.35. The van der Waals surface area contributed by atoms with Gasteiger partial charge in [0, 0.05) is 37.6 Å². The van der Waals surface area contributed by atoms with Crippen molar-refractivity contribution in [1.29, 1.82) is 0 Å². The average Bonchev–Trinajstić information content (AvgIpc) is 3.39. The summed E-state index contributed by atoms with van der Waals surface area (Å²) in [5, 5.41) is 2.59. The fourth-order valence-corrected chi connectivity index (χ4v) is 5.36. The Kier molecular flexibility index (Phi) is 5.65. The molecule has 29 heavy (non-hydrogen) atoms. The number of anilines is 2. The third-order valence-corrected chi connectivity index (χ3v) is 7.40. The van der Waals surface area contributed by atoms with Gasteiger partial charge in [0.1, 0.15) is 0 Å². The number of hydrogen-bond donors (Lipinski definition) is 1. The van der Waals surface area contributed by atoms with Gasteiger partial charge in [-0.2, -0.15) is 4.31 Å². The van der Waals surface area contributed by atoms with E-state index < -0.39 is 15.9 Å². The Morgan fingerprint density at radius 2 is 1.76 bits per heavy atom. The number of hydrogen-bond acceptors (Lipinski definition) is 5. The molecule has 2 aliphatic heterocycles. The number of carbonyl (C=O) groups is 1. The summed E-state index contributed by atoms with van der Waals surface area (Å²) in [6, 6.07) is 10.4. The van der Waals surface area contributed by atoms with Gasteiger partial charge < -0.3 is 14.6 Å². The van der Waals surface area contributed by atoms with Gasteiger partial charge in [-0.25, -0.2) is 8.42 Å². The Balaban J connectivity index is 1.41. The number of amides is 1. The first-order chi connectivity index (χ1) is 13.9. The molecule has 0 saturated carbocycles. The molecule has 1 atom stereocenters. The summed E-state index contributed by atoms with van der Waals surface area (Å²) in [6.07, 6.45) is 3.92. The van der Waals surface area contributed by atoms with Gasteiger partial charge in [0.05, 0.1) is 0 Å². The van der Waals surface area contributed by atoms with Crippen LogP contribution in [0.1, 0.15) is 43.2 Å². The van der Waals surface area contributed by atoms with Crippen molar-refractivity contribution in [2.24, 2.45) is 5.92 Å². The minimum Gasteiger partial charge on any atom is -0.438 e.